The van der Waals surface area contributed by atoms with E-state index in [2.05, 4.69) is 11.8 Å². The van der Waals surface area contributed by atoms with Crippen LogP contribution in [0.25, 0.3) is 0 Å². The number of ether oxygens (including phenoxy) is 1. The summed E-state index contributed by atoms with van der Waals surface area (Å²) >= 11 is 1.64. The second-order valence-electron chi connectivity index (χ2n) is 3.68. The molecule has 2 rings (SSSR count). The number of aliphatic hydroxyl groups is 1. The standard InChI is InChI=1S/C12H14O2S/c13-7-1-2-11-5-6-12(15-11)9-14-8-10-3-4-10/h5-6,10,13H,3-4,7-9H2. The minimum Gasteiger partial charge on any atom is -0.384 e. The Morgan fingerprint density at radius 1 is 1.47 bits per heavy atom. The van der Waals surface area contributed by atoms with Gasteiger partial charge in [0, 0.05) is 11.5 Å². The van der Waals surface area contributed by atoms with Gasteiger partial charge in [-0.25, -0.2) is 0 Å². The third-order valence-electron chi connectivity index (χ3n) is 2.25. The topological polar surface area (TPSA) is 29.5 Å². The van der Waals surface area contributed by atoms with Crippen LogP contribution in [0.3, 0.4) is 0 Å². The number of hydrogen-bond acceptors (Lipinski definition) is 3. The Bertz CT molecular complexity index is 368. The van der Waals surface area contributed by atoms with E-state index in [0.717, 1.165) is 17.4 Å². The third-order valence-corrected chi connectivity index (χ3v) is 3.22. The zero-order valence-electron chi connectivity index (χ0n) is 8.53. The molecule has 1 aromatic rings. The van der Waals surface area contributed by atoms with Crippen molar-refractivity contribution in [3.05, 3.63) is 21.9 Å². The van der Waals surface area contributed by atoms with Gasteiger partial charge in [0.25, 0.3) is 0 Å². The van der Waals surface area contributed by atoms with Crippen molar-refractivity contribution in [2.24, 2.45) is 5.92 Å². The number of hydrogen-bond donors (Lipinski definition) is 1. The number of thiophene rings is 1. The summed E-state index contributed by atoms with van der Waals surface area (Å²) in [6, 6.07) is 4.02. The van der Waals surface area contributed by atoms with Crippen LogP contribution in [-0.4, -0.2) is 18.3 Å². The molecule has 15 heavy (non-hydrogen) atoms. The molecular weight excluding hydrogens is 208 g/mol. The molecule has 0 saturated heterocycles. The summed E-state index contributed by atoms with van der Waals surface area (Å²) in [5.41, 5.74) is 0. The highest BCUT2D eigenvalue weighted by Gasteiger charge is 2.21. The highest BCUT2D eigenvalue weighted by molar-refractivity contribution is 7.12. The summed E-state index contributed by atoms with van der Waals surface area (Å²) in [5.74, 6) is 6.34. The molecule has 1 fully saturated rings. The highest BCUT2D eigenvalue weighted by atomic mass is 32.1. The fourth-order valence-electron chi connectivity index (χ4n) is 1.26. The monoisotopic (exact) mass is 222 g/mol. The Kier molecular flexibility index (Phi) is 3.79. The first kappa shape index (κ1) is 10.7. The molecule has 1 aliphatic rings. The van der Waals surface area contributed by atoms with Gasteiger partial charge in [-0.05, 0) is 30.9 Å². The first-order chi connectivity index (χ1) is 7.38. The first-order valence-electron chi connectivity index (χ1n) is 5.14. The van der Waals surface area contributed by atoms with Crippen LogP contribution < -0.4 is 0 Å². The van der Waals surface area contributed by atoms with Gasteiger partial charge in [-0.15, -0.1) is 11.3 Å². The summed E-state index contributed by atoms with van der Waals surface area (Å²) in [7, 11) is 0. The summed E-state index contributed by atoms with van der Waals surface area (Å²) in [5, 5.41) is 8.55. The van der Waals surface area contributed by atoms with Crippen LogP contribution in [0.1, 0.15) is 22.6 Å². The van der Waals surface area contributed by atoms with Crippen LogP contribution in [0.4, 0.5) is 0 Å². The Morgan fingerprint density at radius 2 is 2.33 bits per heavy atom. The van der Waals surface area contributed by atoms with Crippen molar-refractivity contribution >= 4 is 11.3 Å². The lowest BCUT2D eigenvalue weighted by Crippen LogP contribution is -1.94. The molecule has 0 aliphatic heterocycles. The van der Waals surface area contributed by atoms with E-state index in [0.29, 0.717) is 6.61 Å². The maximum absolute atomic E-state index is 8.55. The molecule has 0 bridgehead atoms. The molecule has 0 atom stereocenters. The minimum absolute atomic E-state index is 0.0780. The second kappa shape index (κ2) is 5.32. The van der Waals surface area contributed by atoms with Gasteiger partial charge in [-0.1, -0.05) is 11.8 Å². The van der Waals surface area contributed by atoms with Gasteiger partial charge in [0.05, 0.1) is 11.5 Å². The molecule has 1 N–H and O–H groups in total. The summed E-state index contributed by atoms with van der Waals surface area (Å²) in [4.78, 5) is 2.20. The van der Waals surface area contributed by atoms with E-state index in [4.69, 9.17) is 9.84 Å². The van der Waals surface area contributed by atoms with Crippen molar-refractivity contribution in [2.45, 2.75) is 19.4 Å². The van der Waals surface area contributed by atoms with Crippen molar-refractivity contribution in [3.63, 3.8) is 0 Å². The van der Waals surface area contributed by atoms with Crippen LogP contribution >= 0.6 is 11.3 Å². The van der Waals surface area contributed by atoms with Crippen LogP contribution in [0, 0.1) is 17.8 Å². The first-order valence-corrected chi connectivity index (χ1v) is 5.96. The van der Waals surface area contributed by atoms with Gasteiger partial charge in [0.15, 0.2) is 0 Å². The Labute approximate surface area is 93.9 Å². The van der Waals surface area contributed by atoms with Gasteiger partial charge in [-0.2, -0.15) is 0 Å². The minimum atomic E-state index is -0.0780. The zero-order chi connectivity index (χ0) is 10.5. The highest BCUT2D eigenvalue weighted by Crippen LogP contribution is 2.29. The van der Waals surface area contributed by atoms with Crippen LogP contribution in [0.2, 0.25) is 0 Å². The lowest BCUT2D eigenvalue weighted by molar-refractivity contribution is 0.113. The van der Waals surface area contributed by atoms with Gasteiger partial charge in [-0.3, -0.25) is 0 Å². The largest absolute Gasteiger partial charge is 0.384 e. The summed E-state index contributed by atoms with van der Waals surface area (Å²) in [6.45, 7) is 1.52. The quantitative estimate of drug-likeness (QED) is 0.790. The molecule has 0 unspecified atom stereocenters. The maximum atomic E-state index is 8.55. The van der Waals surface area contributed by atoms with Crippen LogP contribution in [0.5, 0.6) is 0 Å². The third kappa shape index (κ3) is 3.67. The van der Waals surface area contributed by atoms with Crippen molar-refractivity contribution in [1.29, 1.82) is 0 Å². The summed E-state index contributed by atoms with van der Waals surface area (Å²) < 4.78 is 5.57. The number of aliphatic hydroxyl groups excluding tert-OH is 1. The normalized spacial score (nSPS) is 14.7. The van der Waals surface area contributed by atoms with E-state index < -0.39 is 0 Å². The second-order valence-corrected chi connectivity index (χ2v) is 4.85. The molecule has 1 aromatic heterocycles. The molecule has 1 aliphatic carbocycles. The SMILES string of the molecule is OCC#Cc1ccc(COCC2CC2)s1. The lowest BCUT2D eigenvalue weighted by atomic mass is 10.4. The van der Waals surface area contributed by atoms with Crippen LogP contribution in [-0.2, 0) is 11.3 Å². The van der Waals surface area contributed by atoms with E-state index in [-0.39, 0.29) is 6.61 Å². The molecule has 0 aromatic carbocycles. The van der Waals surface area contributed by atoms with Crippen LogP contribution in [0.15, 0.2) is 12.1 Å². The molecule has 3 heteroatoms. The Hall–Kier alpha value is -0.820. The van der Waals surface area contributed by atoms with Gasteiger partial charge in [0.1, 0.15) is 6.61 Å². The molecular formula is C12H14O2S. The zero-order valence-corrected chi connectivity index (χ0v) is 9.35. The maximum Gasteiger partial charge on any atom is 0.104 e. The molecule has 80 valence electrons. The van der Waals surface area contributed by atoms with Crippen molar-refractivity contribution < 1.29 is 9.84 Å². The van der Waals surface area contributed by atoms with E-state index in [1.807, 2.05) is 12.1 Å². The fraction of sp³-hybridized carbons (Fsp3) is 0.500. The van der Waals surface area contributed by atoms with Gasteiger partial charge >= 0.3 is 0 Å². The predicted molar refractivity (Wildman–Crippen MR) is 60.7 cm³/mol. The smallest absolute Gasteiger partial charge is 0.104 e. The number of rotatable bonds is 4. The molecule has 2 nitrogen and oxygen atoms in total. The molecule has 0 spiro atoms. The average Bonchev–Trinajstić information content (AvgIpc) is 2.95. The lowest BCUT2D eigenvalue weighted by Gasteiger charge is -1.98. The van der Waals surface area contributed by atoms with E-state index in [9.17, 15) is 0 Å². The predicted octanol–water partition coefficient (Wildman–Crippen LogP) is 2.02. The average molecular weight is 222 g/mol. The fourth-order valence-corrected chi connectivity index (χ4v) is 2.08. The molecule has 0 amide bonds. The molecule has 0 radical (unpaired) electrons. The molecule has 1 saturated carbocycles. The van der Waals surface area contributed by atoms with E-state index in [1.54, 1.807) is 11.3 Å². The Morgan fingerprint density at radius 3 is 3.07 bits per heavy atom. The van der Waals surface area contributed by atoms with Gasteiger partial charge in [0.2, 0.25) is 0 Å². The van der Waals surface area contributed by atoms with E-state index >= 15 is 0 Å². The van der Waals surface area contributed by atoms with Crippen molar-refractivity contribution in [3.8, 4) is 11.8 Å². The van der Waals surface area contributed by atoms with Gasteiger partial charge < -0.3 is 9.84 Å². The van der Waals surface area contributed by atoms with E-state index in [1.165, 1.54) is 17.7 Å². The van der Waals surface area contributed by atoms with Crippen molar-refractivity contribution in [1.82, 2.24) is 0 Å². The Balaban J connectivity index is 1.77. The molecule has 1 heterocycles. The van der Waals surface area contributed by atoms with Crippen molar-refractivity contribution in [2.75, 3.05) is 13.2 Å². The summed E-state index contributed by atoms with van der Waals surface area (Å²) in [6.07, 6.45) is 2.66.